The zero-order valence-corrected chi connectivity index (χ0v) is 18.2. The number of hydrogen-bond donors (Lipinski definition) is 4. The van der Waals surface area contributed by atoms with Gasteiger partial charge in [0.1, 0.15) is 11.5 Å². The van der Waals surface area contributed by atoms with Crippen LogP contribution in [0.3, 0.4) is 0 Å². The monoisotopic (exact) mass is 473 g/mol. The average Bonchev–Trinajstić information content (AvgIpc) is 3.22. The second-order valence-electron chi connectivity index (χ2n) is 7.33. The van der Waals surface area contributed by atoms with Gasteiger partial charge in [-0.25, -0.2) is 18.9 Å². The topological polar surface area (TPSA) is 144 Å². The minimum atomic E-state index is -4.12. The first-order chi connectivity index (χ1) is 15.7. The molecule has 0 saturated carbocycles. The maximum absolute atomic E-state index is 14.5. The molecule has 172 valence electrons. The molecule has 1 aliphatic rings. The van der Waals surface area contributed by atoms with Gasteiger partial charge in [0.15, 0.2) is 0 Å². The fourth-order valence-electron chi connectivity index (χ4n) is 3.74. The van der Waals surface area contributed by atoms with Gasteiger partial charge in [-0.3, -0.25) is 4.79 Å². The molecular weight excluding hydrogens is 453 g/mol. The van der Waals surface area contributed by atoms with Gasteiger partial charge in [-0.15, -0.1) is 0 Å². The van der Waals surface area contributed by atoms with Crippen LogP contribution >= 0.6 is 0 Å². The highest BCUT2D eigenvalue weighted by Gasteiger charge is 2.26. The van der Waals surface area contributed by atoms with E-state index in [1.807, 2.05) is 6.07 Å². The molecule has 10 nitrogen and oxygen atoms in total. The van der Waals surface area contributed by atoms with Crippen LogP contribution < -0.4 is 10.0 Å². The quantitative estimate of drug-likeness (QED) is 0.448. The first-order valence-electron chi connectivity index (χ1n) is 9.89. The van der Waals surface area contributed by atoms with Crippen LogP contribution in [0.1, 0.15) is 22.5 Å². The van der Waals surface area contributed by atoms with E-state index >= 15 is 0 Å². The van der Waals surface area contributed by atoms with Crippen LogP contribution in [0.15, 0.2) is 42.6 Å². The summed E-state index contributed by atoms with van der Waals surface area (Å²) in [6, 6.07) is 7.98. The first-order valence-corrected chi connectivity index (χ1v) is 11.3. The maximum atomic E-state index is 14.5. The minimum absolute atomic E-state index is 0.0137. The zero-order valence-electron chi connectivity index (χ0n) is 17.4. The van der Waals surface area contributed by atoms with E-state index in [-0.39, 0.29) is 18.7 Å². The third kappa shape index (κ3) is 4.43. The van der Waals surface area contributed by atoms with Gasteiger partial charge >= 0.3 is 16.3 Å². The molecule has 3 aromatic rings. The number of carboxylic acid groups (broad SMARTS) is 1. The van der Waals surface area contributed by atoms with Crippen molar-refractivity contribution in [2.75, 3.05) is 20.1 Å². The smallest absolute Gasteiger partial charge is 0.419 e. The summed E-state index contributed by atoms with van der Waals surface area (Å²) in [5.74, 6) is -1.15. The summed E-state index contributed by atoms with van der Waals surface area (Å²) in [6.07, 6.45) is 2.01. The molecule has 0 bridgehead atoms. The standard InChI is InChI=1S/C21H20FN5O5S/c1-23-20(28)15-3-2-13(10-17(15)22)14-4-7-24-19-16(14)11-18(25-19)12-5-8-27(9-6-12)33(31,32)26-21(29)30/h2-5,7,10-11,26H,6,8-9H2,1H3,(H,23,28)(H,24,25)(H,29,30). The van der Waals surface area contributed by atoms with E-state index in [1.54, 1.807) is 24.4 Å². The number of amides is 2. The summed E-state index contributed by atoms with van der Waals surface area (Å²) in [7, 11) is -2.69. The lowest BCUT2D eigenvalue weighted by Gasteiger charge is -2.24. The molecule has 2 aromatic heterocycles. The summed E-state index contributed by atoms with van der Waals surface area (Å²) in [6.45, 7) is 0.121. The molecule has 0 radical (unpaired) electrons. The molecule has 1 aromatic carbocycles. The first kappa shape index (κ1) is 22.4. The second-order valence-corrected chi connectivity index (χ2v) is 9.00. The normalized spacial score (nSPS) is 14.7. The highest BCUT2D eigenvalue weighted by molar-refractivity contribution is 7.87. The van der Waals surface area contributed by atoms with Gasteiger partial charge in [0.2, 0.25) is 0 Å². The van der Waals surface area contributed by atoms with Crippen molar-refractivity contribution in [3.63, 3.8) is 0 Å². The van der Waals surface area contributed by atoms with E-state index in [1.165, 1.54) is 23.9 Å². The van der Waals surface area contributed by atoms with Crippen molar-refractivity contribution in [2.45, 2.75) is 6.42 Å². The van der Waals surface area contributed by atoms with E-state index in [2.05, 4.69) is 15.3 Å². The summed E-state index contributed by atoms with van der Waals surface area (Å²) in [5, 5.41) is 11.8. The van der Waals surface area contributed by atoms with E-state index in [9.17, 15) is 22.4 Å². The molecule has 4 N–H and O–H groups in total. The molecule has 3 heterocycles. The van der Waals surface area contributed by atoms with Gasteiger partial charge in [0, 0.05) is 37.4 Å². The number of carbonyl (C=O) groups is 2. The van der Waals surface area contributed by atoms with Crippen LogP contribution in [0.4, 0.5) is 9.18 Å². The Morgan fingerprint density at radius 1 is 1.24 bits per heavy atom. The van der Waals surface area contributed by atoms with E-state index < -0.39 is 28.0 Å². The Hall–Kier alpha value is -3.77. The van der Waals surface area contributed by atoms with Crippen LogP contribution in [0.25, 0.3) is 27.7 Å². The molecular formula is C21H20FN5O5S. The van der Waals surface area contributed by atoms with Crippen LogP contribution in [0, 0.1) is 5.82 Å². The van der Waals surface area contributed by atoms with Crippen LogP contribution in [0.5, 0.6) is 0 Å². The van der Waals surface area contributed by atoms with E-state index in [0.29, 0.717) is 17.6 Å². The van der Waals surface area contributed by atoms with Gasteiger partial charge in [-0.2, -0.15) is 12.7 Å². The van der Waals surface area contributed by atoms with Crippen molar-refractivity contribution in [3.05, 3.63) is 59.7 Å². The van der Waals surface area contributed by atoms with Crippen LogP contribution in [-0.2, 0) is 10.2 Å². The van der Waals surface area contributed by atoms with E-state index in [4.69, 9.17) is 5.11 Å². The lowest BCUT2D eigenvalue weighted by Crippen LogP contribution is -2.44. The molecule has 33 heavy (non-hydrogen) atoms. The Kier molecular flexibility index (Phi) is 5.87. The van der Waals surface area contributed by atoms with Crippen molar-refractivity contribution in [1.82, 2.24) is 24.3 Å². The Balaban J connectivity index is 1.65. The number of aromatic amines is 1. The summed E-state index contributed by atoms with van der Waals surface area (Å²) < 4.78 is 41.1. The Morgan fingerprint density at radius 3 is 2.67 bits per heavy atom. The fraction of sp³-hybridized carbons (Fsp3) is 0.190. The summed E-state index contributed by atoms with van der Waals surface area (Å²) >= 11 is 0. The second kappa shape index (κ2) is 8.64. The molecule has 0 aliphatic carbocycles. The van der Waals surface area contributed by atoms with Gasteiger partial charge in [0.25, 0.3) is 5.91 Å². The van der Waals surface area contributed by atoms with Crippen molar-refractivity contribution in [1.29, 1.82) is 0 Å². The number of fused-ring (bicyclic) bond motifs is 1. The Labute approximate surface area is 188 Å². The molecule has 1 aliphatic heterocycles. The molecule has 2 amide bonds. The minimum Gasteiger partial charge on any atom is -0.464 e. The Morgan fingerprint density at radius 2 is 2.03 bits per heavy atom. The third-order valence-electron chi connectivity index (χ3n) is 5.36. The number of aromatic nitrogens is 2. The van der Waals surface area contributed by atoms with E-state index in [0.717, 1.165) is 26.5 Å². The molecule has 0 unspecified atom stereocenters. The predicted octanol–water partition coefficient (Wildman–Crippen LogP) is 2.33. The number of H-pyrrole nitrogens is 1. The van der Waals surface area contributed by atoms with Crippen LogP contribution in [0.2, 0.25) is 0 Å². The largest absolute Gasteiger partial charge is 0.464 e. The van der Waals surface area contributed by atoms with Crippen molar-refractivity contribution in [2.24, 2.45) is 0 Å². The SMILES string of the molecule is CNC(=O)c1ccc(-c2ccnc3[nH]c(C4=CCN(S(=O)(=O)NC(=O)O)CC4)cc23)cc1F. The number of rotatable bonds is 5. The number of halogens is 1. The number of nitrogens with zero attached hydrogens (tertiary/aromatic N) is 2. The van der Waals surface area contributed by atoms with Crippen molar-refractivity contribution >= 4 is 38.8 Å². The lowest BCUT2D eigenvalue weighted by molar-refractivity contribution is 0.0959. The summed E-state index contributed by atoms with van der Waals surface area (Å²) in [5.41, 5.74) is 3.40. The highest BCUT2D eigenvalue weighted by Crippen LogP contribution is 2.32. The molecule has 12 heteroatoms. The van der Waals surface area contributed by atoms with Crippen molar-refractivity contribution < 1.29 is 27.5 Å². The average molecular weight is 473 g/mol. The number of hydrogen-bond acceptors (Lipinski definition) is 5. The maximum Gasteiger partial charge on any atom is 0.419 e. The third-order valence-corrected chi connectivity index (χ3v) is 6.80. The number of benzene rings is 1. The van der Waals surface area contributed by atoms with Gasteiger partial charge in [-0.1, -0.05) is 12.1 Å². The molecule has 0 atom stereocenters. The van der Waals surface area contributed by atoms with Crippen molar-refractivity contribution in [3.8, 4) is 11.1 Å². The Bertz CT molecular complexity index is 1400. The molecule has 0 saturated heterocycles. The number of carbonyl (C=O) groups excluding carboxylic acids is 1. The predicted molar refractivity (Wildman–Crippen MR) is 119 cm³/mol. The molecule has 4 rings (SSSR count). The lowest BCUT2D eigenvalue weighted by atomic mass is 10.0. The van der Waals surface area contributed by atoms with Gasteiger partial charge < -0.3 is 15.4 Å². The van der Waals surface area contributed by atoms with Crippen LogP contribution in [-0.4, -0.2) is 59.9 Å². The summed E-state index contributed by atoms with van der Waals surface area (Å²) in [4.78, 5) is 30.0. The number of pyridine rings is 1. The molecule has 0 fully saturated rings. The highest BCUT2D eigenvalue weighted by atomic mass is 32.2. The zero-order chi connectivity index (χ0) is 23.8. The number of nitrogens with one attached hydrogen (secondary N) is 3. The fourth-order valence-corrected chi connectivity index (χ4v) is 4.69. The van der Waals surface area contributed by atoms with Gasteiger partial charge in [0.05, 0.1) is 5.56 Å². The van der Waals surface area contributed by atoms with Gasteiger partial charge in [-0.05, 0) is 47.4 Å². The molecule has 0 spiro atoms.